The quantitative estimate of drug-likeness (QED) is 0.655. The third kappa shape index (κ3) is 5.85. The monoisotopic (exact) mass is 263 g/mol. The van der Waals surface area contributed by atoms with Gasteiger partial charge in [-0.1, -0.05) is 29.8 Å². The van der Waals surface area contributed by atoms with E-state index in [-0.39, 0.29) is 11.9 Å². The van der Waals surface area contributed by atoms with E-state index in [1.807, 2.05) is 0 Å². The highest BCUT2D eigenvalue weighted by molar-refractivity contribution is 5.81. The van der Waals surface area contributed by atoms with Crippen LogP contribution in [0.15, 0.2) is 24.3 Å². The van der Waals surface area contributed by atoms with Crippen molar-refractivity contribution >= 4 is 5.91 Å². The number of carbonyl (C=O) groups is 1. The molecule has 0 saturated heterocycles. The zero-order valence-electron chi connectivity index (χ0n) is 11.9. The van der Waals surface area contributed by atoms with Crippen molar-refractivity contribution in [1.82, 2.24) is 10.6 Å². The molecule has 0 heterocycles. The van der Waals surface area contributed by atoms with Gasteiger partial charge in [-0.2, -0.15) is 0 Å². The van der Waals surface area contributed by atoms with Gasteiger partial charge < -0.3 is 16.4 Å². The lowest BCUT2D eigenvalue weighted by atomic mass is 10.1. The number of carbonyl (C=O) groups excluding carboxylic acids is 1. The second-order valence-electron chi connectivity index (χ2n) is 4.80. The summed E-state index contributed by atoms with van der Waals surface area (Å²) >= 11 is 0. The fraction of sp³-hybridized carbons (Fsp3) is 0.533. The van der Waals surface area contributed by atoms with E-state index in [0.29, 0.717) is 13.1 Å². The molecule has 4 nitrogen and oxygen atoms in total. The molecule has 1 rings (SSSR count). The average Bonchev–Trinajstić information content (AvgIpc) is 2.42. The summed E-state index contributed by atoms with van der Waals surface area (Å²) in [6.45, 7) is 3.36. The molecule has 0 radical (unpaired) electrons. The summed E-state index contributed by atoms with van der Waals surface area (Å²) in [7, 11) is 1.81. The molecule has 1 atom stereocenters. The Labute approximate surface area is 115 Å². The molecule has 1 aromatic rings. The van der Waals surface area contributed by atoms with Gasteiger partial charge in [0.1, 0.15) is 0 Å². The topological polar surface area (TPSA) is 67.1 Å². The van der Waals surface area contributed by atoms with Crippen LogP contribution in [0.3, 0.4) is 0 Å². The number of nitrogens with one attached hydrogen (secondary N) is 2. The molecule has 0 aliphatic heterocycles. The summed E-state index contributed by atoms with van der Waals surface area (Å²) in [6.07, 6.45) is 2.50. The Balaban J connectivity index is 2.31. The number of hydrogen-bond acceptors (Lipinski definition) is 3. The molecule has 106 valence electrons. The molecule has 1 aromatic carbocycles. The first kappa shape index (κ1) is 15.7. The smallest absolute Gasteiger partial charge is 0.237 e. The van der Waals surface area contributed by atoms with Crippen LogP contribution in [0.2, 0.25) is 0 Å². The highest BCUT2D eigenvalue weighted by Crippen LogP contribution is 2.03. The largest absolute Gasteiger partial charge is 0.354 e. The number of amides is 1. The van der Waals surface area contributed by atoms with Gasteiger partial charge in [0.15, 0.2) is 0 Å². The van der Waals surface area contributed by atoms with E-state index in [1.54, 1.807) is 7.05 Å². The molecule has 0 spiro atoms. The summed E-state index contributed by atoms with van der Waals surface area (Å²) in [6, 6.07) is 8.25. The van der Waals surface area contributed by atoms with Gasteiger partial charge in [0.05, 0.1) is 6.04 Å². The molecule has 4 N–H and O–H groups in total. The van der Waals surface area contributed by atoms with Crippen molar-refractivity contribution in [3.05, 3.63) is 35.4 Å². The minimum atomic E-state index is -0.137. The lowest BCUT2D eigenvalue weighted by Crippen LogP contribution is -2.43. The SMILES string of the molecule is CNC(CCCN)C(=O)NCCc1ccc(C)cc1. The molecule has 0 aromatic heterocycles. The Bertz CT molecular complexity index is 375. The standard InChI is InChI=1S/C15H25N3O/c1-12-5-7-13(8-6-12)9-11-18-15(19)14(17-2)4-3-10-16/h5-8,14,17H,3-4,9-11,16H2,1-2H3,(H,18,19). The summed E-state index contributed by atoms with van der Waals surface area (Å²) in [4.78, 5) is 11.9. The fourth-order valence-corrected chi connectivity index (χ4v) is 1.94. The first-order valence-corrected chi connectivity index (χ1v) is 6.88. The van der Waals surface area contributed by atoms with E-state index < -0.39 is 0 Å². The Kier molecular flexibility index (Phi) is 7.15. The third-order valence-electron chi connectivity index (χ3n) is 3.20. The molecule has 0 aliphatic carbocycles. The Hall–Kier alpha value is -1.39. The van der Waals surface area contributed by atoms with Crippen LogP contribution in [0, 0.1) is 6.92 Å². The van der Waals surface area contributed by atoms with Gasteiger partial charge in [0.25, 0.3) is 0 Å². The van der Waals surface area contributed by atoms with Crippen LogP contribution >= 0.6 is 0 Å². The number of hydrogen-bond donors (Lipinski definition) is 3. The maximum atomic E-state index is 11.9. The maximum Gasteiger partial charge on any atom is 0.237 e. The number of benzene rings is 1. The lowest BCUT2D eigenvalue weighted by molar-refractivity contribution is -0.123. The molecule has 4 heteroatoms. The van der Waals surface area contributed by atoms with E-state index >= 15 is 0 Å². The van der Waals surface area contributed by atoms with Gasteiger partial charge in [0.2, 0.25) is 5.91 Å². The predicted molar refractivity (Wildman–Crippen MR) is 79.0 cm³/mol. The minimum absolute atomic E-state index is 0.0584. The van der Waals surface area contributed by atoms with Gasteiger partial charge >= 0.3 is 0 Å². The van der Waals surface area contributed by atoms with E-state index in [0.717, 1.165) is 19.3 Å². The van der Waals surface area contributed by atoms with Crippen molar-refractivity contribution < 1.29 is 4.79 Å². The van der Waals surface area contributed by atoms with Gasteiger partial charge in [-0.05, 0) is 45.3 Å². The third-order valence-corrected chi connectivity index (χ3v) is 3.20. The normalized spacial score (nSPS) is 12.2. The summed E-state index contributed by atoms with van der Waals surface area (Å²) < 4.78 is 0. The molecule has 0 bridgehead atoms. The van der Waals surface area contributed by atoms with Crippen LogP contribution in [-0.4, -0.2) is 32.1 Å². The predicted octanol–water partition coefficient (Wildman–Crippen LogP) is 0.981. The van der Waals surface area contributed by atoms with Gasteiger partial charge in [-0.25, -0.2) is 0 Å². The van der Waals surface area contributed by atoms with Crippen molar-refractivity contribution in [2.24, 2.45) is 5.73 Å². The van der Waals surface area contributed by atoms with Gasteiger partial charge in [-0.15, -0.1) is 0 Å². The zero-order valence-corrected chi connectivity index (χ0v) is 11.9. The number of likely N-dealkylation sites (N-methyl/N-ethyl adjacent to an activating group) is 1. The van der Waals surface area contributed by atoms with E-state index in [9.17, 15) is 4.79 Å². The molecule has 0 fully saturated rings. The van der Waals surface area contributed by atoms with E-state index in [2.05, 4.69) is 41.8 Å². The highest BCUT2D eigenvalue weighted by atomic mass is 16.2. The molecule has 19 heavy (non-hydrogen) atoms. The van der Waals surface area contributed by atoms with Crippen LogP contribution < -0.4 is 16.4 Å². The highest BCUT2D eigenvalue weighted by Gasteiger charge is 2.14. The molecule has 0 aliphatic rings. The van der Waals surface area contributed by atoms with Crippen molar-refractivity contribution in [2.75, 3.05) is 20.1 Å². The minimum Gasteiger partial charge on any atom is -0.354 e. The molecular weight excluding hydrogens is 238 g/mol. The van der Waals surface area contributed by atoms with Crippen LogP contribution in [0.4, 0.5) is 0 Å². The second-order valence-corrected chi connectivity index (χ2v) is 4.80. The summed E-state index contributed by atoms with van der Waals surface area (Å²) in [5.41, 5.74) is 7.96. The number of rotatable bonds is 8. The van der Waals surface area contributed by atoms with Crippen molar-refractivity contribution in [2.45, 2.75) is 32.2 Å². The second kappa shape index (κ2) is 8.67. The van der Waals surface area contributed by atoms with Crippen molar-refractivity contribution in [3.63, 3.8) is 0 Å². The number of nitrogens with two attached hydrogens (primary N) is 1. The van der Waals surface area contributed by atoms with Crippen LogP contribution in [0.1, 0.15) is 24.0 Å². The Morgan fingerprint density at radius 1 is 1.32 bits per heavy atom. The van der Waals surface area contributed by atoms with E-state index in [1.165, 1.54) is 11.1 Å². The Morgan fingerprint density at radius 3 is 2.58 bits per heavy atom. The zero-order chi connectivity index (χ0) is 14.1. The van der Waals surface area contributed by atoms with Crippen molar-refractivity contribution in [3.8, 4) is 0 Å². The molecular formula is C15H25N3O. The fourth-order valence-electron chi connectivity index (χ4n) is 1.94. The van der Waals surface area contributed by atoms with Crippen LogP contribution in [-0.2, 0) is 11.2 Å². The lowest BCUT2D eigenvalue weighted by Gasteiger charge is -2.15. The Morgan fingerprint density at radius 2 is 2.00 bits per heavy atom. The van der Waals surface area contributed by atoms with Crippen LogP contribution in [0.25, 0.3) is 0 Å². The van der Waals surface area contributed by atoms with E-state index in [4.69, 9.17) is 5.73 Å². The average molecular weight is 263 g/mol. The first-order valence-electron chi connectivity index (χ1n) is 6.88. The molecule has 0 saturated carbocycles. The first-order chi connectivity index (χ1) is 9.17. The molecule has 1 unspecified atom stereocenters. The van der Waals surface area contributed by atoms with Gasteiger partial charge in [-0.3, -0.25) is 4.79 Å². The number of aryl methyl sites for hydroxylation is 1. The van der Waals surface area contributed by atoms with Crippen LogP contribution in [0.5, 0.6) is 0 Å². The summed E-state index contributed by atoms with van der Waals surface area (Å²) in [5.74, 6) is 0.0584. The maximum absolute atomic E-state index is 11.9. The molecule has 1 amide bonds. The van der Waals surface area contributed by atoms with Crippen molar-refractivity contribution in [1.29, 1.82) is 0 Å². The van der Waals surface area contributed by atoms with Gasteiger partial charge in [0, 0.05) is 6.54 Å². The summed E-state index contributed by atoms with van der Waals surface area (Å²) in [5, 5.41) is 5.99.